The summed E-state index contributed by atoms with van der Waals surface area (Å²) in [7, 11) is 0. The Kier molecular flexibility index (Phi) is 5.15. The molecule has 148 valence electrons. The molecule has 6 nitrogen and oxygen atoms in total. The van der Waals surface area contributed by atoms with E-state index >= 15 is 0 Å². The normalized spacial score (nSPS) is 17.6. The van der Waals surface area contributed by atoms with Crippen LogP contribution < -0.4 is 0 Å². The van der Waals surface area contributed by atoms with Crippen molar-refractivity contribution in [2.24, 2.45) is 0 Å². The minimum absolute atomic E-state index is 0.138. The molecule has 1 saturated heterocycles. The van der Waals surface area contributed by atoms with Gasteiger partial charge < -0.3 is 14.5 Å². The lowest BCUT2D eigenvalue weighted by Gasteiger charge is -2.33. The number of imidazole rings is 2. The molecule has 1 atom stereocenters. The average molecular weight is 383 g/mol. The number of H-pyrrole nitrogens is 1. The van der Waals surface area contributed by atoms with Crippen LogP contribution in [0.5, 0.6) is 0 Å². The maximum Gasteiger partial charge on any atom is 0.223 e. The highest BCUT2D eigenvalue weighted by Gasteiger charge is 2.27. The maximum absolute atomic E-state index is 13.3. The molecule has 1 aliphatic rings. The van der Waals surface area contributed by atoms with Crippen LogP contribution >= 0.6 is 0 Å². The van der Waals surface area contributed by atoms with E-state index in [4.69, 9.17) is 0 Å². The van der Waals surface area contributed by atoms with Gasteiger partial charge >= 0.3 is 0 Å². The smallest absolute Gasteiger partial charge is 0.223 e. The van der Waals surface area contributed by atoms with Gasteiger partial charge in [0.1, 0.15) is 17.5 Å². The second-order valence-electron chi connectivity index (χ2n) is 7.81. The van der Waals surface area contributed by atoms with Crippen LogP contribution in [0.15, 0.2) is 30.6 Å². The molecule has 1 amide bonds. The molecule has 2 aromatic heterocycles. The van der Waals surface area contributed by atoms with Gasteiger partial charge in [0.25, 0.3) is 0 Å². The molecule has 7 heteroatoms. The Hall–Kier alpha value is -2.70. The van der Waals surface area contributed by atoms with Gasteiger partial charge in [-0.25, -0.2) is 14.4 Å². The van der Waals surface area contributed by atoms with Crippen LogP contribution in [0.4, 0.5) is 4.39 Å². The Bertz CT molecular complexity index is 976. The summed E-state index contributed by atoms with van der Waals surface area (Å²) in [5.41, 5.74) is 1.39. The fourth-order valence-corrected chi connectivity index (χ4v) is 4.03. The number of nitrogens with zero attached hydrogens (tertiary/aromatic N) is 4. The van der Waals surface area contributed by atoms with E-state index in [1.807, 2.05) is 17.3 Å². The molecule has 0 aliphatic carbocycles. The number of hydrogen-bond acceptors (Lipinski definition) is 3. The first-order valence-electron chi connectivity index (χ1n) is 9.96. The van der Waals surface area contributed by atoms with Gasteiger partial charge in [0.15, 0.2) is 0 Å². The standard InChI is InChI=1S/C21H26FN5O/c1-14(2)27-11-9-23-21(27)15-4-3-10-26(13-15)20(28)8-7-19-24-17-6-5-16(22)12-18(17)25-19/h5-6,9,11-12,14-15H,3-4,7-8,10,13H2,1-2H3,(H,24,25)/t15-/m0/s1. The van der Waals surface area contributed by atoms with Crippen molar-refractivity contribution in [1.82, 2.24) is 24.4 Å². The van der Waals surface area contributed by atoms with Gasteiger partial charge in [-0.2, -0.15) is 0 Å². The monoisotopic (exact) mass is 383 g/mol. The fraction of sp³-hybridized carbons (Fsp3) is 0.476. The lowest BCUT2D eigenvalue weighted by molar-refractivity contribution is -0.132. The highest BCUT2D eigenvalue weighted by atomic mass is 19.1. The summed E-state index contributed by atoms with van der Waals surface area (Å²) in [6, 6.07) is 4.84. The van der Waals surface area contributed by atoms with Crippen LogP contribution in [0.1, 0.15) is 56.7 Å². The van der Waals surface area contributed by atoms with Crippen molar-refractivity contribution < 1.29 is 9.18 Å². The summed E-state index contributed by atoms with van der Waals surface area (Å²) in [4.78, 5) is 26.8. The van der Waals surface area contributed by atoms with Crippen molar-refractivity contribution in [3.63, 3.8) is 0 Å². The minimum Gasteiger partial charge on any atom is -0.342 e. The minimum atomic E-state index is -0.294. The van der Waals surface area contributed by atoms with E-state index in [0.29, 0.717) is 30.9 Å². The lowest BCUT2D eigenvalue weighted by atomic mass is 9.96. The molecule has 3 aromatic rings. The Morgan fingerprint density at radius 1 is 1.39 bits per heavy atom. The second-order valence-corrected chi connectivity index (χ2v) is 7.81. The molecule has 4 rings (SSSR count). The van der Waals surface area contributed by atoms with Crippen LogP contribution in [-0.4, -0.2) is 43.4 Å². The van der Waals surface area contributed by atoms with Crippen LogP contribution in [0.2, 0.25) is 0 Å². The van der Waals surface area contributed by atoms with Gasteiger partial charge in [-0.05, 0) is 44.9 Å². The third-order valence-electron chi connectivity index (χ3n) is 5.46. The number of carbonyl (C=O) groups excluding carboxylic acids is 1. The highest BCUT2D eigenvalue weighted by molar-refractivity contribution is 5.77. The van der Waals surface area contributed by atoms with E-state index in [2.05, 4.69) is 33.4 Å². The van der Waals surface area contributed by atoms with Gasteiger partial charge in [0, 0.05) is 50.3 Å². The first-order valence-corrected chi connectivity index (χ1v) is 9.96. The number of amides is 1. The zero-order valence-electron chi connectivity index (χ0n) is 16.4. The highest BCUT2D eigenvalue weighted by Crippen LogP contribution is 2.28. The van der Waals surface area contributed by atoms with Crippen molar-refractivity contribution in [1.29, 1.82) is 0 Å². The van der Waals surface area contributed by atoms with Crippen molar-refractivity contribution in [3.8, 4) is 0 Å². The molecule has 3 heterocycles. The number of aryl methyl sites for hydroxylation is 1. The molecule has 0 spiro atoms. The summed E-state index contributed by atoms with van der Waals surface area (Å²) in [6.07, 6.45) is 6.84. The number of aromatic nitrogens is 4. The molecule has 0 radical (unpaired) electrons. The number of benzene rings is 1. The summed E-state index contributed by atoms with van der Waals surface area (Å²) < 4.78 is 15.5. The Morgan fingerprint density at radius 2 is 2.25 bits per heavy atom. The topological polar surface area (TPSA) is 66.8 Å². The first-order chi connectivity index (χ1) is 13.5. The summed E-state index contributed by atoms with van der Waals surface area (Å²) in [5.74, 6) is 1.92. The number of halogens is 1. The van der Waals surface area contributed by atoms with E-state index in [9.17, 15) is 9.18 Å². The number of carbonyl (C=O) groups is 1. The SMILES string of the molecule is CC(C)n1ccnc1[C@H]1CCCN(C(=O)CCc2nc3ccc(F)cc3[nH]2)C1. The zero-order chi connectivity index (χ0) is 19.7. The Morgan fingerprint density at radius 3 is 3.07 bits per heavy atom. The Balaban J connectivity index is 1.39. The number of hydrogen-bond donors (Lipinski definition) is 1. The number of rotatable bonds is 5. The lowest BCUT2D eigenvalue weighted by Crippen LogP contribution is -2.40. The van der Waals surface area contributed by atoms with Crippen LogP contribution in [0.3, 0.4) is 0 Å². The van der Waals surface area contributed by atoms with E-state index < -0.39 is 0 Å². The molecule has 0 saturated carbocycles. The van der Waals surface area contributed by atoms with E-state index in [1.165, 1.54) is 12.1 Å². The number of aromatic amines is 1. The van der Waals surface area contributed by atoms with E-state index in [0.717, 1.165) is 36.6 Å². The van der Waals surface area contributed by atoms with Gasteiger partial charge in [0.05, 0.1) is 11.0 Å². The molecular weight excluding hydrogens is 357 g/mol. The molecule has 1 N–H and O–H groups in total. The van der Waals surface area contributed by atoms with Gasteiger partial charge in [-0.1, -0.05) is 0 Å². The van der Waals surface area contributed by atoms with Crippen LogP contribution in [0.25, 0.3) is 11.0 Å². The number of fused-ring (bicyclic) bond motifs is 1. The number of piperidine rings is 1. The van der Waals surface area contributed by atoms with Gasteiger partial charge in [-0.15, -0.1) is 0 Å². The fourth-order valence-electron chi connectivity index (χ4n) is 4.03. The molecule has 0 unspecified atom stereocenters. The number of nitrogens with one attached hydrogen (secondary N) is 1. The van der Waals surface area contributed by atoms with Crippen LogP contribution in [-0.2, 0) is 11.2 Å². The quantitative estimate of drug-likeness (QED) is 0.728. The predicted molar refractivity (Wildman–Crippen MR) is 106 cm³/mol. The molecule has 28 heavy (non-hydrogen) atoms. The zero-order valence-corrected chi connectivity index (χ0v) is 16.4. The summed E-state index contributed by atoms with van der Waals surface area (Å²) in [5, 5.41) is 0. The third-order valence-corrected chi connectivity index (χ3v) is 5.46. The van der Waals surface area contributed by atoms with Crippen LogP contribution in [0, 0.1) is 5.82 Å². The number of likely N-dealkylation sites (tertiary alicyclic amines) is 1. The molecule has 1 fully saturated rings. The largest absolute Gasteiger partial charge is 0.342 e. The Labute approximate surface area is 163 Å². The van der Waals surface area contributed by atoms with Crippen molar-refractivity contribution in [2.75, 3.05) is 13.1 Å². The average Bonchev–Trinajstić information content (AvgIpc) is 3.32. The molecule has 1 aliphatic heterocycles. The van der Waals surface area contributed by atoms with Gasteiger partial charge in [-0.3, -0.25) is 4.79 Å². The predicted octanol–water partition coefficient (Wildman–Crippen LogP) is 3.82. The van der Waals surface area contributed by atoms with Gasteiger partial charge in [0.2, 0.25) is 5.91 Å². The van der Waals surface area contributed by atoms with E-state index in [-0.39, 0.29) is 17.6 Å². The second kappa shape index (κ2) is 7.73. The third kappa shape index (κ3) is 3.79. The molecule has 0 bridgehead atoms. The molecule has 1 aromatic carbocycles. The van der Waals surface area contributed by atoms with Crippen molar-refractivity contribution in [2.45, 2.75) is 51.5 Å². The van der Waals surface area contributed by atoms with Crippen molar-refractivity contribution >= 4 is 16.9 Å². The van der Waals surface area contributed by atoms with Crippen molar-refractivity contribution in [3.05, 3.63) is 48.1 Å². The first kappa shape index (κ1) is 18.7. The maximum atomic E-state index is 13.3. The molecular formula is C21H26FN5O. The summed E-state index contributed by atoms with van der Waals surface area (Å²) >= 11 is 0. The summed E-state index contributed by atoms with van der Waals surface area (Å²) in [6.45, 7) is 5.81. The van der Waals surface area contributed by atoms with E-state index in [1.54, 1.807) is 6.07 Å².